The molecule has 1 N–H and O–H groups in total. The molecule has 0 aliphatic rings. The van der Waals surface area contributed by atoms with Crippen molar-refractivity contribution in [2.75, 3.05) is 11.1 Å². The van der Waals surface area contributed by atoms with Crippen molar-refractivity contribution in [3.05, 3.63) is 48.2 Å². The molecule has 0 unspecified atom stereocenters. The molecule has 0 spiro atoms. The van der Waals surface area contributed by atoms with E-state index in [-0.39, 0.29) is 11.7 Å². The average molecular weight is 370 g/mol. The number of aromatic nitrogens is 3. The monoisotopic (exact) mass is 370 g/mol. The first-order valence-corrected chi connectivity index (χ1v) is 9.53. The molecule has 2 aromatic heterocycles. The molecule has 0 saturated heterocycles. The van der Waals surface area contributed by atoms with Gasteiger partial charge in [0.05, 0.1) is 12.0 Å². The molecule has 2 heterocycles. The molecular formula is C19H22N4O2S. The Labute approximate surface area is 157 Å². The zero-order valence-corrected chi connectivity index (χ0v) is 15.9. The highest BCUT2D eigenvalue weighted by atomic mass is 32.2. The van der Waals surface area contributed by atoms with Crippen molar-refractivity contribution in [1.82, 2.24) is 14.8 Å². The van der Waals surface area contributed by atoms with Crippen LogP contribution in [-0.4, -0.2) is 26.4 Å². The first-order valence-electron chi connectivity index (χ1n) is 8.54. The van der Waals surface area contributed by atoms with Gasteiger partial charge in [0, 0.05) is 12.7 Å². The molecule has 7 heteroatoms. The van der Waals surface area contributed by atoms with Gasteiger partial charge >= 0.3 is 0 Å². The van der Waals surface area contributed by atoms with Crippen LogP contribution in [0.1, 0.15) is 31.7 Å². The summed E-state index contributed by atoms with van der Waals surface area (Å²) in [5, 5.41) is 11.8. The third kappa shape index (κ3) is 4.16. The number of rotatable bonds is 7. The lowest BCUT2D eigenvalue weighted by atomic mass is 9.99. The van der Waals surface area contributed by atoms with Crippen LogP contribution in [0.25, 0.3) is 11.6 Å². The largest absolute Gasteiger partial charge is 0.461 e. The number of amides is 1. The Morgan fingerprint density at radius 1 is 1.27 bits per heavy atom. The van der Waals surface area contributed by atoms with Crippen LogP contribution < -0.4 is 5.32 Å². The first kappa shape index (κ1) is 18.3. The molecule has 6 nitrogen and oxygen atoms in total. The van der Waals surface area contributed by atoms with E-state index in [0.717, 1.165) is 12.1 Å². The van der Waals surface area contributed by atoms with E-state index in [4.69, 9.17) is 4.42 Å². The van der Waals surface area contributed by atoms with Crippen LogP contribution in [0.2, 0.25) is 0 Å². The number of nitrogens with zero attached hydrogens (tertiary/aromatic N) is 3. The number of carbonyl (C=O) groups excluding carboxylic acids is 1. The summed E-state index contributed by atoms with van der Waals surface area (Å²) in [6, 6.07) is 11.7. The first-order chi connectivity index (χ1) is 12.6. The Hall–Kier alpha value is -2.54. The Balaban J connectivity index is 1.56. The standard InChI is InChI=1S/C19H22N4O2S/c1-4-13(2)14-7-9-15(10-8-14)20-17(24)12-26-19-22-21-18(23(19)3)16-6-5-11-25-16/h5-11,13H,4,12H2,1-3H3,(H,20,24)/t13-/m0/s1. The van der Waals surface area contributed by atoms with Crippen molar-refractivity contribution in [2.45, 2.75) is 31.3 Å². The molecule has 0 aliphatic carbocycles. The molecule has 0 fully saturated rings. The Kier molecular flexibility index (Phi) is 5.78. The third-order valence-corrected chi connectivity index (χ3v) is 5.30. The van der Waals surface area contributed by atoms with Gasteiger partial charge in [-0.15, -0.1) is 10.2 Å². The zero-order valence-electron chi connectivity index (χ0n) is 15.1. The Morgan fingerprint density at radius 2 is 2.04 bits per heavy atom. The summed E-state index contributed by atoms with van der Waals surface area (Å²) in [6.45, 7) is 4.36. The van der Waals surface area contributed by atoms with Gasteiger partial charge in [-0.25, -0.2) is 0 Å². The summed E-state index contributed by atoms with van der Waals surface area (Å²) < 4.78 is 7.16. The van der Waals surface area contributed by atoms with Gasteiger partial charge in [-0.2, -0.15) is 0 Å². The second-order valence-electron chi connectivity index (χ2n) is 6.11. The maximum Gasteiger partial charge on any atom is 0.234 e. The fourth-order valence-electron chi connectivity index (χ4n) is 2.52. The molecule has 3 aromatic rings. The number of hydrogen-bond donors (Lipinski definition) is 1. The van der Waals surface area contributed by atoms with Crippen molar-refractivity contribution in [2.24, 2.45) is 7.05 Å². The SMILES string of the molecule is CC[C@H](C)c1ccc(NC(=O)CSc2nnc(-c3ccco3)n2C)cc1. The lowest BCUT2D eigenvalue weighted by Gasteiger charge is -2.10. The van der Waals surface area contributed by atoms with Gasteiger partial charge in [0.1, 0.15) is 0 Å². The second-order valence-corrected chi connectivity index (χ2v) is 7.05. The van der Waals surface area contributed by atoms with Crippen molar-refractivity contribution in [3.8, 4) is 11.6 Å². The third-order valence-electron chi connectivity index (χ3n) is 4.28. The van der Waals surface area contributed by atoms with Gasteiger partial charge < -0.3 is 14.3 Å². The van der Waals surface area contributed by atoms with Gasteiger partial charge in [0.15, 0.2) is 16.7 Å². The van der Waals surface area contributed by atoms with Crippen LogP contribution in [0.3, 0.4) is 0 Å². The summed E-state index contributed by atoms with van der Waals surface area (Å²) in [7, 11) is 1.85. The van der Waals surface area contributed by atoms with E-state index >= 15 is 0 Å². The van der Waals surface area contributed by atoms with Gasteiger partial charge in [-0.1, -0.05) is 37.7 Å². The Bertz CT molecular complexity index is 856. The minimum absolute atomic E-state index is 0.0751. The molecule has 136 valence electrons. The fraction of sp³-hybridized carbons (Fsp3) is 0.316. The highest BCUT2D eigenvalue weighted by molar-refractivity contribution is 7.99. The van der Waals surface area contributed by atoms with Crippen LogP contribution in [-0.2, 0) is 11.8 Å². The molecule has 1 atom stereocenters. The van der Waals surface area contributed by atoms with Crippen LogP contribution in [0, 0.1) is 0 Å². The van der Waals surface area contributed by atoms with Crippen LogP contribution in [0.5, 0.6) is 0 Å². The van der Waals surface area contributed by atoms with Gasteiger partial charge in [-0.3, -0.25) is 4.79 Å². The lowest BCUT2D eigenvalue weighted by molar-refractivity contribution is -0.113. The van der Waals surface area contributed by atoms with Crippen LogP contribution in [0.15, 0.2) is 52.2 Å². The van der Waals surface area contributed by atoms with E-state index in [1.165, 1.54) is 17.3 Å². The molecule has 0 aliphatic heterocycles. The molecule has 0 radical (unpaired) electrons. The van der Waals surface area contributed by atoms with Crippen molar-refractivity contribution >= 4 is 23.4 Å². The number of carbonyl (C=O) groups is 1. The summed E-state index contributed by atoms with van der Waals surface area (Å²) in [4.78, 5) is 12.2. The molecule has 1 aromatic carbocycles. The maximum absolute atomic E-state index is 12.2. The van der Waals surface area contributed by atoms with E-state index in [1.54, 1.807) is 12.3 Å². The average Bonchev–Trinajstić information content (AvgIpc) is 3.29. The number of benzene rings is 1. The van der Waals surface area contributed by atoms with Crippen LogP contribution in [0.4, 0.5) is 5.69 Å². The molecule has 26 heavy (non-hydrogen) atoms. The molecule has 0 bridgehead atoms. The number of furan rings is 1. The second kappa shape index (κ2) is 8.23. The summed E-state index contributed by atoms with van der Waals surface area (Å²) in [5.74, 6) is 2.00. The van der Waals surface area contributed by atoms with Gasteiger partial charge in [-0.05, 0) is 42.2 Å². The lowest BCUT2D eigenvalue weighted by Crippen LogP contribution is -2.14. The van der Waals surface area contributed by atoms with E-state index < -0.39 is 0 Å². The van der Waals surface area contributed by atoms with Crippen LogP contribution >= 0.6 is 11.8 Å². The van der Waals surface area contributed by atoms with Crippen molar-refractivity contribution in [1.29, 1.82) is 0 Å². The minimum Gasteiger partial charge on any atom is -0.461 e. The highest BCUT2D eigenvalue weighted by Gasteiger charge is 2.14. The minimum atomic E-state index is -0.0751. The zero-order chi connectivity index (χ0) is 18.5. The summed E-state index contributed by atoms with van der Waals surface area (Å²) in [5.41, 5.74) is 2.08. The fourth-order valence-corrected chi connectivity index (χ4v) is 3.23. The maximum atomic E-state index is 12.2. The smallest absolute Gasteiger partial charge is 0.234 e. The van der Waals surface area contributed by atoms with Crippen molar-refractivity contribution < 1.29 is 9.21 Å². The Morgan fingerprint density at radius 3 is 2.69 bits per heavy atom. The number of thioether (sulfide) groups is 1. The van der Waals surface area contributed by atoms with E-state index in [1.807, 2.05) is 29.8 Å². The number of nitrogens with one attached hydrogen (secondary N) is 1. The molecule has 1 amide bonds. The quantitative estimate of drug-likeness (QED) is 0.627. The topological polar surface area (TPSA) is 73.0 Å². The summed E-state index contributed by atoms with van der Waals surface area (Å²) in [6.07, 6.45) is 2.69. The molecule has 3 rings (SSSR count). The van der Waals surface area contributed by atoms with Gasteiger partial charge in [0.2, 0.25) is 5.91 Å². The van der Waals surface area contributed by atoms with E-state index in [0.29, 0.717) is 22.7 Å². The van der Waals surface area contributed by atoms with E-state index in [2.05, 4.69) is 41.5 Å². The van der Waals surface area contributed by atoms with Crippen molar-refractivity contribution in [3.63, 3.8) is 0 Å². The molecular weight excluding hydrogens is 348 g/mol. The molecule has 0 saturated carbocycles. The summed E-state index contributed by atoms with van der Waals surface area (Å²) >= 11 is 1.34. The number of anilines is 1. The highest BCUT2D eigenvalue weighted by Crippen LogP contribution is 2.23. The predicted molar refractivity (Wildman–Crippen MR) is 103 cm³/mol. The van der Waals surface area contributed by atoms with Gasteiger partial charge in [0.25, 0.3) is 0 Å². The predicted octanol–water partition coefficient (Wildman–Crippen LogP) is 4.32. The number of hydrogen-bond acceptors (Lipinski definition) is 5. The normalized spacial score (nSPS) is 12.1. The van der Waals surface area contributed by atoms with E-state index in [9.17, 15) is 4.79 Å².